The average molecular weight is 228 g/mol. The lowest BCUT2D eigenvalue weighted by molar-refractivity contribution is 0.0568. The van der Waals surface area contributed by atoms with E-state index in [1.807, 2.05) is 0 Å². The van der Waals surface area contributed by atoms with Crippen molar-refractivity contribution in [1.82, 2.24) is 0 Å². The van der Waals surface area contributed by atoms with E-state index in [4.69, 9.17) is 0 Å². The van der Waals surface area contributed by atoms with E-state index in [-0.39, 0.29) is 6.10 Å². The SMILES string of the molecule is CC(C)(C)[C@H]1CC[C@@H]([Si](C)(C)C)[C@@H](O)C1. The summed E-state index contributed by atoms with van der Waals surface area (Å²) in [5.74, 6) is 0.708. The van der Waals surface area contributed by atoms with E-state index < -0.39 is 8.07 Å². The molecule has 0 saturated heterocycles. The van der Waals surface area contributed by atoms with Crippen molar-refractivity contribution in [2.75, 3.05) is 0 Å². The summed E-state index contributed by atoms with van der Waals surface area (Å²) in [5, 5.41) is 10.3. The van der Waals surface area contributed by atoms with Crippen molar-refractivity contribution in [2.45, 2.75) is 71.3 Å². The van der Waals surface area contributed by atoms with Crippen LogP contribution < -0.4 is 0 Å². The second kappa shape index (κ2) is 4.21. The predicted octanol–water partition coefficient (Wildman–Crippen LogP) is 3.90. The molecule has 1 aliphatic rings. The maximum Gasteiger partial charge on any atom is 0.0547 e. The minimum absolute atomic E-state index is 0.0327. The zero-order chi connectivity index (χ0) is 11.9. The average Bonchev–Trinajstić information content (AvgIpc) is 1.99. The summed E-state index contributed by atoms with van der Waals surface area (Å²) in [6.45, 7) is 14.1. The summed E-state index contributed by atoms with van der Waals surface area (Å²) >= 11 is 0. The Morgan fingerprint density at radius 1 is 1.07 bits per heavy atom. The third kappa shape index (κ3) is 3.32. The van der Waals surface area contributed by atoms with Crippen LogP contribution in [0.5, 0.6) is 0 Å². The first-order valence-corrected chi connectivity index (χ1v) is 9.88. The molecule has 0 spiro atoms. The highest BCUT2D eigenvalue weighted by atomic mass is 28.3. The molecule has 1 fully saturated rings. The Morgan fingerprint density at radius 2 is 1.60 bits per heavy atom. The third-order valence-electron chi connectivity index (χ3n) is 4.15. The van der Waals surface area contributed by atoms with Crippen LogP contribution >= 0.6 is 0 Å². The van der Waals surface area contributed by atoms with Crippen LogP contribution in [0.1, 0.15) is 40.0 Å². The van der Waals surface area contributed by atoms with Crippen LogP contribution in [0.15, 0.2) is 0 Å². The lowest BCUT2D eigenvalue weighted by Gasteiger charge is -2.43. The first kappa shape index (κ1) is 13.2. The Bertz CT molecular complexity index is 212. The van der Waals surface area contributed by atoms with Gasteiger partial charge in [-0.15, -0.1) is 0 Å². The summed E-state index contributed by atoms with van der Waals surface area (Å²) in [6, 6.07) is 0. The van der Waals surface area contributed by atoms with Gasteiger partial charge in [0.25, 0.3) is 0 Å². The van der Waals surface area contributed by atoms with Crippen LogP contribution in [0, 0.1) is 11.3 Å². The molecule has 0 aromatic rings. The van der Waals surface area contributed by atoms with Gasteiger partial charge in [-0.25, -0.2) is 0 Å². The van der Waals surface area contributed by atoms with Gasteiger partial charge in [-0.2, -0.15) is 0 Å². The summed E-state index contributed by atoms with van der Waals surface area (Å²) < 4.78 is 0. The van der Waals surface area contributed by atoms with Gasteiger partial charge in [0.15, 0.2) is 0 Å². The van der Waals surface area contributed by atoms with Crippen LogP contribution in [0.3, 0.4) is 0 Å². The Balaban J connectivity index is 2.64. The molecule has 15 heavy (non-hydrogen) atoms. The number of hydrogen-bond acceptors (Lipinski definition) is 1. The van der Waals surface area contributed by atoms with Crippen molar-refractivity contribution >= 4 is 8.07 Å². The second-order valence-corrected chi connectivity index (χ2v) is 12.9. The number of hydrogen-bond donors (Lipinski definition) is 1. The summed E-state index contributed by atoms with van der Waals surface area (Å²) in [4.78, 5) is 0. The molecular formula is C13H28OSi. The molecule has 0 unspecified atom stereocenters. The second-order valence-electron chi connectivity index (χ2n) is 7.42. The van der Waals surface area contributed by atoms with Gasteiger partial charge in [-0.3, -0.25) is 0 Å². The van der Waals surface area contributed by atoms with Gasteiger partial charge in [0.1, 0.15) is 0 Å². The molecule has 90 valence electrons. The number of aliphatic hydroxyl groups is 1. The lowest BCUT2D eigenvalue weighted by Crippen LogP contribution is -2.42. The molecule has 1 saturated carbocycles. The zero-order valence-corrected chi connectivity index (χ0v) is 12.3. The highest BCUT2D eigenvalue weighted by Gasteiger charge is 2.40. The minimum Gasteiger partial charge on any atom is -0.393 e. The van der Waals surface area contributed by atoms with E-state index in [0.717, 1.165) is 6.42 Å². The van der Waals surface area contributed by atoms with Gasteiger partial charge in [0.2, 0.25) is 0 Å². The fraction of sp³-hybridized carbons (Fsp3) is 1.00. The topological polar surface area (TPSA) is 20.2 Å². The van der Waals surface area contributed by atoms with Gasteiger partial charge in [-0.05, 0) is 29.7 Å². The number of rotatable bonds is 1. The zero-order valence-electron chi connectivity index (χ0n) is 11.3. The predicted molar refractivity (Wildman–Crippen MR) is 69.9 cm³/mol. The van der Waals surface area contributed by atoms with Crippen molar-refractivity contribution in [3.05, 3.63) is 0 Å². The van der Waals surface area contributed by atoms with Crippen molar-refractivity contribution in [2.24, 2.45) is 11.3 Å². The Morgan fingerprint density at radius 3 is 1.93 bits per heavy atom. The Kier molecular flexibility index (Phi) is 3.72. The molecular weight excluding hydrogens is 200 g/mol. The minimum atomic E-state index is -1.16. The third-order valence-corrected chi connectivity index (χ3v) is 7.05. The smallest absolute Gasteiger partial charge is 0.0547 e. The Hall–Kier alpha value is 0.177. The molecule has 0 amide bonds. The van der Waals surface area contributed by atoms with Crippen molar-refractivity contribution in [3.63, 3.8) is 0 Å². The fourth-order valence-electron chi connectivity index (χ4n) is 2.94. The van der Waals surface area contributed by atoms with E-state index >= 15 is 0 Å². The quantitative estimate of drug-likeness (QED) is 0.675. The molecule has 0 heterocycles. The van der Waals surface area contributed by atoms with Crippen LogP contribution in [-0.4, -0.2) is 19.3 Å². The van der Waals surface area contributed by atoms with E-state index in [2.05, 4.69) is 40.4 Å². The van der Waals surface area contributed by atoms with Gasteiger partial charge in [-0.1, -0.05) is 46.8 Å². The molecule has 1 rings (SSSR count). The maximum absolute atomic E-state index is 10.3. The van der Waals surface area contributed by atoms with Crippen LogP contribution in [0.25, 0.3) is 0 Å². The summed E-state index contributed by atoms with van der Waals surface area (Å²) in [6.07, 6.45) is 3.56. The lowest BCUT2D eigenvalue weighted by atomic mass is 9.71. The maximum atomic E-state index is 10.3. The van der Waals surface area contributed by atoms with Crippen molar-refractivity contribution in [1.29, 1.82) is 0 Å². The van der Waals surface area contributed by atoms with Crippen LogP contribution in [0.2, 0.25) is 25.2 Å². The first-order valence-electron chi connectivity index (χ1n) is 6.30. The van der Waals surface area contributed by atoms with Gasteiger partial charge in [0.05, 0.1) is 14.2 Å². The number of aliphatic hydroxyl groups excluding tert-OH is 1. The van der Waals surface area contributed by atoms with Gasteiger partial charge in [0, 0.05) is 0 Å². The van der Waals surface area contributed by atoms with Gasteiger partial charge >= 0.3 is 0 Å². The monoisotopic (exact) mass is 228 g/mol. The molecule has 1 N–H and O–H groups in total. The summed E-state index contributed by atoms with van der Waals surface area (Å²) in [5.41, 5.74) is 0.988. The van der Waals surface area contributed by atoms with Gasteiger partial charge < -0.3 is 5.11 Å². The largest absolute Gasteiger partial charge is 0.393 e. The molecule has 2 heteroatoms. The highest BCUT2D eigenvalue weighted by Crippen LogP contribution is 2.45. The first-order chi connectivity index (χ1) is 6.62. The molecule has 1 aliphatic carbocycles. The van der Waals surface area contributed by atoms with Crippen LogP contribution in [-0.2, 0) is 0 Å². The van der Waals surface area contributed by atoms with Crippen molar-refractivity contribution < 1.29 is 5.11 Å². The normalized spacial score (nSPS) is 34.2. The molecule has 0 aromatic carbocycles. The standard InChI is InChI=1S/C13H28OSi/c1-13(2,3)10-7-8-12(11(14)9-10)15(4,5)6/h10-12,14H,7-9H2,1-6H3/t10-,11-,12+/m0/s1. The molecule has 3 atom stereocenters. The van der Waals surface area contributed by atoms with E-state index in [0.29, 0.717) is 16.9 Å². The fourth-order valence-corrected chi connectivity index (χ4v) is 5.27. The summed E-state index contributed by atoms with van der Waals surface area (Å²) in [7, 11) is -1.16. The van der Waals surface area contributed by atoms with Crippen molar-refractivity contribution in [3.8, 4) is 0 Å². The van der Waals surface area contributed by atoms with Crippen LogP contribution in [0.4, 0.5) is 0 Å². The molecule has 0 aliphatic heterocycles. The molecule has 0 bridgehead atoms. The highest BCUT2D eigenvalue weighted by molar-refractivity contribution is 6.77. The molecule has 0 aromatic heterocycles. The van der Waals surface area contributed by atoms with E-state index in [9.17, 15) is 5.11 Å². The molecule has 1 nitrogen and oxygen atoms in total. The van der Waals surface area contributed by atoms with E-state index in [1.54, 1.807) is 0 Å². The molecule has 0 radical (unpaired) electrons. The van der Waals surface area contributed by atoms with E-state index in [1.165, 1.54) is 12.8 Å². The Labute approximate surface area is 96.3 Å².